The topological polar surface area (TPSA) is 48.5 Å². The van der Waals surface area contributed by atoms with Crippen molar-refractivity contribution in [3.63, 3.8) is 0 Å². The molecule has 0 N–H and O–H groups in total. The molecule has 5 nitrogen and oxygen atoms in total. The second-order valence-corrected chi connectivity index (χ2v) is 5.05. The molecule has 0 radical (unpaired) electrons. The summed E-state index contributed by atoms with van der Waals surface area (Å²) >= 11 is 0. The minimum atomic E-state index is -0.283. The molecule has 3 aromatic rings. The third kappa shape index (κ3) is 2.44. The van der Waals surface area contributed by atoms with Gasteiger partial charge in [-0.05, 0) is 44.5 Å². The third-order valence-corrected chi connectivity index (χ3v) is 3.74. The molecule has 0 amide bonds. The van der Waals surface area contributed by atoms with E-state index in [-0.39, 0.29) is 5.82 Å². The highest BCUT2D eigenvalue weighted by Crippen LogP contribution is 2.15. The maximum absolute atomic E-state index is 13.4. The van der Waals surface area contributed by atoms with Crippen LogP contribution in [0.4, 0.5) is 4.39 Å². The van der Waals surface area contributed by atoms with E-state index in [9.17, 15) is 4.39 Å². The van der Waals surface area contributed by atoms with Crippen LogP contribution in [-0.4, -0.2) is 24.5 Å². The lowest BCUT2D eigenvalue weighted by Gasteiger charge is -2.08. The highest BCUT2D eigenvalue weighted by Gasteiger charge is 2.12. The highest BCUT2D eigenvalue weighted by molar-refractivity contribution is 5.33. The normalized spacial score (nSPS) is 11.0. The first-order valence-corrected chi connectivity index (χ1v) is 6.71. The lowest BCUT2D eigenvalue weighted by atomic mass is 10.2. The first-order valence-electron chi connectivity index (χ1n) is 6.71. The van der Waals surface area contributed by atoms with Crippen LogP contribution in [0.2, 0.25) is 0 Å². The van der Waals surface area contributed by atoms with Crippen molar-refractivity contribution < 1.29 is 4.39 Å². The van der Waals surface area contributed by atoms with Crippen molar-refractivity contribution >= 4 is 0 Å². The SMILES string of the molecule is Cc1nn(Cc2nncn2-c2cccc(F)c2)c(C)c1C. The number of benzene rings is 1. The quantitative estimate of drug-likeness (QED) is 0.743. The molecule has 6 heteroatoms. The Balaban J connectivity index is 1.98. The van der Waals surface area contributed by atoms with Gasteiger partial charge in [-0.25, -0.2) is 4.39 Å². The molecule has 2 heterocycles. The second kappa shape index (κ2) is 5.12. The van der Waals surface area contributed by atoms with Crippen molar-refractivity contribution in [3.05, 3.63) is 59.2 Å². The zero-order chi connectivity index (χ0) is 15.0. The molecule has 0 unspecified atom stereocenters. The van der Waals surface area contributed by atoms with Gasteiger partial charge in [0.15, 0.2) is 5.82 Å². The van der Waals surface area contributed by atoms with E-state index in [0.717, 1.165) is 11.4 Å². The molecule has 1 aromatic carbocycles. The third-order valence-electron chi connectivity index (χ3n) is 3.74. The summed E-state index contributed by atoms with van der Waals surface area (Å²) in [5.41, 5.74) is 3.98. The van der Waals surface area contributed by atoms with Crippen LogP contribution in [0, 0.1) is 26.6 Å². The molecular formula is C15H16FN5. The van der Waals surface area contributed by atoms with Crippen LogP contribution >= 0.6 is 0 Å². The second-order valence-electron chi connectivity index (χ2n) is 5.05. The zero-order valence-corrected chi connectivity index (χ0v) is 12.2. The Morgan fingerprint density at radius 3 is 2.67 bits per heavy atom. The van der Waals surface area contributed by atoms with Crippen LogP contribution < -0.4 is 0 Å². The van der Waals surface area contributed by atoms with E-state index >= 15 is 0 Å². The molecule has 0 spiro atoms. The van der Waals surface area contributed by atoms with Gasteiger partial charge in [-0.3, -0.25) is 9.25 Å². The highest BCUT2D eigenvalue weighted by atomic mass is 19.1. The van der Waals surface area contributed by atoms with E-state index < -0.39 is 0 Å². The van der Waals surface area contributed by atoms with E-state index in [4.69, 9.17) is 0 Å². The number of hydrogen-bond acceptors (Lipinski definition) is 3. The Morgan fingerprint density at radius 2 is 2.00 bits per heavy atom. The van der Waals surface area contributed by atoms with Crippen LogP contribution in [0.1, 0.15) is 22.8 Å². The van der Waals surface area contributed by atoms with Gasteiger partial charge in [0.25, 0.3) is 0 Å². The predicted octanol–water partition coefficient (Wildman–Crippen LogP) is 2.58. The molecule has 3 rings (SSSR count). The van der Waals surface area contributed by atoms with Crippen molar-refractivity contribution in [3.8, 4) is 5.69 Å². The number of nitrogens with zero attached hydrogens (tertiary/aromatic N) is 5. The van der Waals surface area contributed by atoms with Crippen LogP contribution in [0.5, 0.6) is 0 Å². The van der Waals surface area contributed by atoms with Crippen molar-refractivity contribution in [2.75, 3.05) is 0 Å². The summed E-state index contributed by atoms with van der Waals surface area (Å²) in [5.74, 6) is 0.431. The van der Waals surface area contributed by atoms with Gasteiger partial charge < -0.3 is 0 Å². The lowest BCUT2D eigenvalue weighted by molar-refractivity contribution is 0.615. The summed E-state index contributed by atoms with van der Waals surface area (Å²) in [6.45, 7) is 6.55. The van der Waals surface area contributed by atoms with Crippen LogP contribution in [0.25, 0.3) is 5.69 Å². The Kier molecular flexibility index (Phi) is 3.29. The minimum Gasteiger partial charge on any atom is -0.284 e. The maximum atomic E-state index is 13.4. The summed E-state index contributed by atoms with van der Waals surface area (Å²) in [4.78, 5) is 0. The molecule has 0 saturated heterocycles. The van der Waals surface area contributed by atoms with Crippen molar-refractivity contribution in [1.82, 2.24) is 24.5 Å². The lowest BCUT2D eigenvalue weighted by Crippen LogP contribution is -2.10. The van der Waals surface area contributed by atoms with E-state index in [1.807, 2.05) is 31.5 Å². The van der Waals surface area contributed by atoms with Gasteiger partial charge in [0.05, 0.1) is 11.4 Å². The van der Waals surface area contributed by atoms with Gasteiger partial charge in [-0.15, -0.1) is 10.2 Å². The first kappa shape index (κ1) is 13.5. The summed E-state index contributed by atoms with van der Waals surface area (Å²) in [5, 5.41) is 12.6. The number of aromatic nitrogens is 5. The molecule has 0 fully saturated rings. The standard InChI is InChI=1S/C15H16FN5/c1-10-11(2)19-21(12(10)3)8-15-18-17-9-20(15)14-6-4-5-13(16)7-14/h4-7,9H,8H2,1-3H3. The summed E-state index contributed by atoms with van der Waals surface area (Å²) in [6.07, 6.45) is 1.59. The Labute approximate surface area is 122 Å². The number of halogens is 1. The van der Waals surface area contributed by atoms with Crippen LogP contribution in [-0.2, 0) is 6.54 Å². The monoisotopic (exact) mass is 285 g/mol. The molecule has 2 aromatic heterocycles. The minimum absolute atomic E-state index is 0.283. The van der Waals surface area contributed by atoms with Gasteiger partial charge in [0.1, 0.15) is 18.7 Å². The Morgan fingerprint density at radius 1 is 1.19 bits per heavy atom. The van der Waals surface area contributed by atoms with E-state index in [1.54, 1.807) is 17.0 Å². The van der Waals surface area contributed by atoms with Crippen LogP contribution in [0.15, 0.2) is 30.6 Å². The maximum Gasteiger partial charge on any atom is 0.159 e. The molecule has 0 atom stereocenters. The average Bonchev–Trinajstić information content (AvgIpc) is 3.01. The molecule has 0 aliphatic heterocycles. The fourth-order valence-corrected chi connectivity index (χ4v) is 2.28. The summed E-state index contributed by atoms with van der Waals surface area (Å²) in [7, 11) is 0. The largest absolute Gasteiger partial charge is 0.284 e. The van der Waals surface area contributed by atoms with Crippen molar-refractivity contribution in [2.24, 2.45) is 0 Å². The van der Waals surface area contributed by atoms with E-state index in [1.165, 1.54) is 17.7 Å². The summed E-state index contributed by atoms with van der Waals surface area (Å²) in [6, 6.07) is 6.36. The van der Waals surface area contributed by atoms with E-state index in [2.05, 4.69) is 15.3 Å². The van der Waals surface area contributed by atoms with Gasteiger partial charge in [-0.2, -0.15) is 5.10 Å². The molecule has 0 bridgehead atoms. The summed E-state index contributed by atoms with van der Waals surface area (Å²) < 4.78 is 17.0. The van der Waals surface area contributed by atoms with Gasteiger partial charge in [0, 0.05) is 5.69 Å². The smallest absolute Gasteiger partial charge is 0.159 e. The van der Waals surface area contributed by atoms with Gasteiger partial charge in [-0.1, -0.05) is 6.07 Å². The number of rotatable bonds is 3. The van der Waals surface area contributed by atoms with Gasteiger partial charge in [0.2, 0.25) is 0 Å². The fraction of sp³-hybridized carbons (Fsp3) is 0.267. The Bertz CT molecular complexity index is 787. The molecular weight excluding hydrogens is 269 g/mol. The first-order chi connectivity index (χ1) is 10.1. The van der Waals surface area contributed by atoms with Crippen molar-refractivity contribution in [1.29, 1.82) is 0 Å². The molecule has 0 aliphatic rings. The zero-order valence-electron chi connectivity index (χ0n) is 12.2. The average molecular weight is 285 g/mol. The van der Waals surface area contributed by atoms with Crippen molar-refractivity contribution in [2.45, 2.75) is 27.3 Å². The fourth-order valence-electron chi connectivity index (χ4n) is 2.28. The Hall–Kier alpha value is -2.50. The molecule has 0 aliphatic carbocycles. The number of aryl methyl sites for hydroxylation is 1. The molecule has 21 heavy (non-hydrogen) atoms. The molecule has 0 saturated carbocycles. The number of hydrogen-bond donors (Lipinski definition) is 0. The van der Waals surface area contributed by atoms with E-state index in [0.29, 0.717) is 18.1 Å². The predicted molar refractivity (Wildman–Crippen MR) is 76.9 cm³/mol. The van der Waals surface area contributed by atoms with Gasteiger partial charge >= 0.3 is 0 Å². The van der Waals surface area contributed by atoms with Crippen LogP contribution in [0.3, 0.4) is 0 Å². The molecule has 108 valence electrons.